The molecule has 0 saturated heterocycles. The number of rotatable bonds is 9. The molecule has 0 atom stereocenters. The second-order valence-corrected chi connectivity index (χ2v) is 8.49. The van der Waals surface area contributed by atoms with Gasteiger partial charge in [-0.05, 0) is 30.3 Å². The van der Waals surface area contributed by atoms with Gasteiger partial charge in [0.2, 0.25) is 15.9 Å². The zero-order valence-electron chi connectivity index (χ0n) is 13.4. The van der Waals surface area contributed by atoms with Crippen LogP contribution in [0.25, 0.3) is 0 Å². The molecular formula is C17H19ClN2O3S2. The fourth-order valence-corrected chi connectivity index (χ4v) is 4.10. The van der Waals surface area contributed by atoms with E-state index >= 15 is 0 Å². The number of carbonyl (C=O) groups excluding carboxylic acids is 1. The zero-order chi connectivity index (χ0) is 18.1. The summed E-state index contributed by atoms with van der Waals surface area (Å²) in [4.78, 5) is 13.0. The number of amides is 1. The maximum absolute atomic E-state index is 12.1. The van der Waals surface area contributed by atoms with Crippen LogP contribution in [0.1, 0.15) is 6.42 Å². The van der Waals surface area contributed by atoms with E-state index in [-0.39, 0.29) is 23.8 Å². The van der Waals surface area contributed by atoms with Crippen molar-refractivity contribution in [2.45, 2.75) is 16.2 Å². The van der Waals surface area contributed by atoms with Gasteiger partial charge in [-0.3, -0.25) is 4.79 Å². The first-order valence-corrected chi connectivity index (χ1v) is 10.5. The van der Waals surface area contributed by atoms with Gasteiger partial charge < -0.3 is 5.32 Å². The third kappa shape index (κ3) is 7.07. The van der Waals surface area contributed by atoms with Crippen molar-refractivity contribution < 1.29 is 13.2 Å². The fraction of sp³-hybridized carbons (Fsp3) is 0.235. The average Bonchev–Trinajstić information content (AvgIpc) is 2.59. The van der Waals surface area contributed by atoms with Crippen molar-refractivity contribution in [3.05, 3.63) is 59.6 Å². The molecule has 8 heteroatoms. The van der Waals surface area contributed by atoms with Crippen molar-refractivity contribution >= 4 is 39.3 Å². The van der Waals surface area contributed by atoms with Crippen LogP contribution in [0.5, 0.6) is 0 Å². The Kier molecular flexibility index (Phi) is 7.77. The topological polar surface area (TPSA) is 75.3 Å². The van der Waals surface area contributed by atoms with Crippen molar-refractivity contribution in [1.29, 1.82) is 0 Å². The minimum Gasteiger partial charge on any atom is -0.355 e. The number of benzene rings is 2. The third-order valence-corrected chi connectivity index (χ3v) is 5.89. The number of carbonyl (C=O) groups is 1. The molecule has 0 aliphatic carbocycles. The van der Waals surface area contributed by atoms with E-state index in [9.17, 15) is 13.2 Å². The van der Waals surface area contributed by atoms with Gasteiger partial charge in [0.1, 0.15) is 0 Å². The first kappa shape index (κ1) is 19.8. The Morgan fingerprint density at radius 3 is 2.52 bits per heavy atom. The number of hydrogen-bond donors (Lipinski definition) is 2. The molecule has 0 aliphatic heterocycles. The predicted molar refractivity (Wildman–Crippen MR) is 101 cm³/mol. The number of thioether (sulfide) groups is 1. The van der Waals surface area contributed by atoms with Crippen LogP contribution in [0, 0.1) is 0 Å². The smallest absolute Gasteiger partial charge is 0.240 e. The van der Waals surface area contributed by atoms with Crippen molar-refractivity contribution in [3.63, 3.8) is 0 Å². The van der Waals surface area contributed by atoms with Crippen LogP contribution in [0.3, 0.4) is 0 Å². The van der Waals surface area contributed by atoms with E-state index in [0.29, 0.717) is 11.6 Å². The SMILES string of the molecule is O=C(CCNS(=O)(=O)c1cccc(Cl)c1)NCCSc1ccccc1. The van der Waals surface area contributed by atoms with Gasteiger partial charge >= 0.3 is 0 Å². The van der Waals surface area contributed by atoms with Gasteiger partial charge in [-0.25, -0.2) is 13.1 Å². The lowest BCUT2D eigenvalue weighted by Crippen LogP contribution is -2.31. The first-order valence-electron chi connectivity index (χ1n) is 7.67. The minimum atomic E-state index is -3.66. The molecule has 134 valence electrons. The highest BCUT2D eigenvalue weighted by Crippen LogP contribution is 2.16. The molecule has 0 aliphatic rings. The summed E-state index contributed by atoms with van der Waals surface area (Å²) in [5, 5.41) is 3.12. The quantitative estimate of drug-likeness (QED) is 0.503. The summed E-state index contributed by atoms with van der Waals surface area (Å²) in [6.45, 7) is 0.561. The van der Waals surface area contributed by atoms with Gasteiger partial charge in [-0.1, -0.05) is 35.9 Å². The Labute approximate surface area is 157 Å². The van der Waals surface area contributed by atoms with Crippen LogP contribution in [0.15, 0.2) is 64.4 Å². The van der Waals surface area contributed by atoms with Crippen molar-refractivity contribution in [2.24, 2.45) is 0 Å². The van der Waals surface area contributed by atoms with Crippen LogP contribution in [-0.4, -0.2) is 33.2 Å². The van der Waals surface area contributed by atoms with Gasteiger partial charge in [-0.15, -0.1) is 11.8 Å². The summed E-state index contributed by atoms with van der Waals surface area (Å²) in [5.41, 5.74) is 0. The predicted octanol–water partition coefficient (Wildman–Crippen LogP) is 2.92. The fourth-order valence-electron chi connectivity index (χ4n) is 1.98. The molecule has 0 radical (unpaired) electrons. The average molecular weight is 399 g/mol. The molecule has 25 heavy (non-hydrogen) atoms. The zero-order valence-corrected chi connectivity index (χ0v) is 15.8. The van der Waals surface area contributed by atoms with E-state index in [1.54, 1.807) is 23.9 Å². The molecule has 0 spiro atoms. The molecule has 0 unspecified atom stereocenters. The molecule has 5 nitrogen and oxygen atoms in total. The van der Waals surface area contributed by atoms with Crippen LogP contribution < -0.4 is 10.0 Å². The third-order valence-electron chi connectivity index (χ3n) is 3.19. The highest BCUT2D eigenvalue weighted by atomic mass is 35.5. The molecule has 2 aromatic rings. The Bertz CT molecular complexity index is 799. The van der Waals surface area contributed by atoms with E-state index < -0.39 is 10.0 Å². The Balaban J connectivity index is 1.66. The van der Waals surface area contributed by atoms with Crippen molar-refractivity contribution in [3.8, 4) is 0 Å². The lowest BCUT2D eigenvalue weighted by molar-refractivity contribution is -0.120. The van der Waals surface area contributed by atoms with Crippen LogP contribution in [-0.2, 0) is 14.8 Å². The van der Waals surface area contributed by atoms with Gasteiger partial charge in [0.15, 0.2) is 0 Å². The Morgan fingerprint density at radius 1 is 1.04 bits per heavy atom. The molecule has 0 saturated carbocycles. The lowest BCUT2D eigenvalue weighted by atomic mass is 10.4. The summed E-state index contributed by atoms with van der Waals surface area (Å²) < 4.78 is 26.6. The van der Waals surface area contributed by atoms with Gasteiger partial charge in [0.05, 0.1) is 4.90 Å². The number of nitrogens with one attached hydrogen (secondary N) is 2. The lowest BCUT2D eigenvalue weighted by Gasteiger charge is -2.08. The van der Waals surface area contributed by atoms with Gasteiger partial charge in [0.25, 0.3) is 0 Å². The van der Waals surface area contributed by atoms with E-state index in [4.69, 9.17) is 11.6 Å². The summed E-state index contributed by atoms with van der Waals surface area (Å²) in [6, 6.07) is 15.9. The molecule has 0 heterocycles. The number of halogens is 1. The summed E-state index contributed by atoms with van der Waals surface area (Å²) in [6.07, 6.45) is 0.0792. The molecule has 2 rings (SSSR count). The highest BCUT2D eigenvalue weighted by molar-refractivity contribution is 7.99. The second-order valence-electron chi connectivity index (χ2n) is 5.12. The Hall–Kier alpha value is -1.54. The largest absolute Gasteiger partial charge is 0.355 e. The summed E-state index contributed by atoms with van der Waals surface area (Å²) in [5.74, 6) is 0.562. The van der Waals surface area contributed by atoms with E-state index in [1.165, 1.54) is 12.1 Å². The summed E-state index contributed by atoms with van der Waals surface area (Å²) >= 11 is 7.44. The molecular weight excluding hydrogens is 380 g/mol. The number of sulfonamides is 1. The molecule has 0 bridgehead atoms. The van der Waals surface area contributed by atoms with Gasteiger partial charge in [-0.2, -0.15) is 0 Å². The van der Waals surface area contributed by atoms with Crippen molar-refractivity contribution in [1.82, 2.24) is 10.0 Å². The van der Waals surface area contributed by atoms with E-state index in [0.717, 1.165) is 10.6 Å². The first-order chi connectivity index (χ1) is 12.0. The monoisotopic (exact) mass is 398 g/mol. The van der Waals surface area contributed by atoms with E-state index in [2.05, 4.69) is 10.0 Å². The molecule has 1 amide bonds. The summed E-state index contributed by atoms with van der Waals surface area (Å²) in [7, 11) is -3.66. The standard InChI is InChI=1S/C17H19ClN2O3S2/c18-14-5-4-8-16(13-14)25(22,23)20-10-9-17(21)19-11-12-24-15-6-2-1-3-7-15/h1-8,13,20H,9-12H2,(H,19,21). The van der Waals surface area contributed by atoms with Crippen LogP contribution in [0.4, 0.5) is 0 Å². The molecule has 0 fully saturated rings. The molecule has 2 N–H and O–H groups in total. The minimum absolute atomic E-state index is 0.0342. The van der Waals surface area contributed by atoms with Crippen LogP contribution >= 0.6 is 23.4 Å². The Morgan fingerprint density at radius 2 is 1.80 bits per heavy atom. The highest BCUT2D eigenvalue weighted by Gasteiger charge is 2.14. The second kappa shape index (κ2) is 9.82. The maximum Gasteiger partial charge on any atom is 0.240 e. The van der Waals surface area contributed by atoms with Crippen LogP contribution in [0.2, 0.25) is 5.02 Å². The molecule has 0 aromatic heterocycles. The molecule has 2 aromatic carbocycles. The van der Waals surface area contributed by atoms with Crippen molar-refractivity contribution in [2.75, 3.05) is 18.8 Å². The van der Waals surface area contributed by atoms with E-state index in [1.807, 2.05) is 30.3 Å². The van der Waals surface area contributed by atoms with Gasteiger partial charge in [0, 0.05) is 35.2 Å². The maximum atomic E-state index is 12.1. The number of hydrogen-bond acceptors (Lipinski definition) is 4. The normalized spacial score (nSPS) is 11.2.